The van der Waals surface area contributed by atoms with Gasteiger partial charge in [0.05, 0.1) is 12.5 Å². The summed E-state index contributed by atoms with van der Waals surface area (Å²) in [6.45, 7) is -0.0333. The van der Waals surface area contributed by atoms with Gasteiger partial charge < -0.3 is 10.8 Å². The third kappa shape index (κ3) is 2.67. The SMILES string of the molecule is Cl.NCC(=O)[C@@H]1CCC[C@H]1C(=O)O. The first kappa shape index (κ1) is 12.4. The normalized spacial score (nSPS) is 26.5. The molecule has 4 nitrogen and oxygen atoms in total. The molecule has 0 aromatic carbocycles. The maximum atomic E-state index is 11.1. The summed E-state index contributed by atoms with van der Waals surface area (Å²) in [4.78, 5) is 21.8. The van der Waals surface area contributed by atoms with Crippen LogP contribution in [0, 0.1) is 11.8 Å². The molecular formula is C8H14ClNO3. The number of carboxylic acid groups (broad SMARTS) is 1. The van der Waals surface area contributed by atoms with E-state index in [4.69, 9.17) is 10.8 Å². The lowest BCUT2D eigenvalue weighted by Crippen LogP contribution is -2.29. The van der Waals surface area contributed by atoms with E-state index in [0.717, 1.165) is 6.42 Å². The molecule has 0 aromatic heterocycles. The lowest BCUT2D eigenvalue weighted by atomic mass is 9.92. The number of hydrogen-bond acceptors (Lipinski definition) is 3. The van der Waals surface area contributed by atoms with E-state index < -0.39 is 11.9 Å². The molecule has 1 rings (SSSR count). The van der Waals surface area contributed by atoms with Crippen molar-refractivity contribution in [3.05, 3.63) is 0 Å². The van der Waals surface area contributed by atoms with E-state index in [1.807, 2.05) is 0 Å². The molecule has 0 bridgehead atoms. The highest BCUT2D eigenvalue weighted by Crippen LogP contribution is 2.32. The van der Waals surface area contributed by atoms with E-state index in [9.17, 15) is 9.59 Å². The average molecular weight is 208 g/mol. The first-order chi connectivity index (χ1) is 5.66. The topological polar surface area (TPSA) is 80.4 Å². The molecule has 0 spiro atoms. The van der Waals surface area contributed by atoms with Crippen LogP contribution in [0.2, 0.25) is 0 Å². The van der Waals surface area contributed by atoms with Crippen molar-refractivity contribution in [1.82, 2.24) is 0 Å². The lowest BCUT2D eigenvalue weighted by Gasteiger charge is -2.12. The highest BCUT2D eigenvalue weighted by atomic mass is 35.5. The second-order valence-electron chi connectivity index (χ2n) is 3.15. The number of halogens is 1. The molecule has 0 unspecified atom stereocenters. The van der Waals surface area contributed by atoms with Crippen molar-refractivity contribution in [2.24, 2.45) is 17.6 Å². The van der Waals surface area contributed by atoms with Crippen molar-refractivity contribution < 1.29 is 14.7 Å². The zero-order valence-electron chi connectivity index (χ0n) is 7.23. The molecule has 1 aliphatic carbocycles. The number of carboxylic acids is 1. The number of aliphatic carboxylic acids is 1. The Morgan fingerprint density at radius 2 is 1.85 bits per heavy atom. The fourth-order valence-corrected chi connectivity index (χ4v) is 1.79. The number of ketones is 1. The molecule has 0 amide bonds. The van der Waals surface area contributed by atoms with E-state index in [2.05, 4.69) is 0 Å². The van der Waals surface area contributed by atoms with E-state index in [1.54, 1.807) is 0 Å². The Balaban J connectivity index is 0.00000144. The minimum absolute atomic E-state index is 0. The van der Waals surface area contributed by atoms with Crippen molar-refractivity contribution >= 4 is 24.2 Å². The standard InChI is InChI=1S/C8H13NO3.ClH/c9-4-7(10)5-2-1-3-6(5)8(11)12;/h5-6H,1-4,9H2,(H,11,12);1H/t5-,6-;/m1./s1. The summed E-state index contributed by atoms with van der Waals surface area (Å²) in [5.74, 6) is -1.78. The predicted octanol–water partition coefficient (Wildman–Crippen LogP) is 0.437. The summed E-state index contributed by atoms with van der Waals surface area (Å²) in [5, 5.41) is 8.74. The smallest absolute Gasteiger partial charge is 0.307 e. The van der Waals surface area contributed by atoms with Crippen LogP contribution in [0.1, 0.15) is 19.3 Å². The largest absolute Gasteiger partial charge is 0.481 e. The third-order valence-corrected chi connectivity index (χ3v) is 2.45. The molecule has 0 aliphatic heterocycles. The maximum absolute atomic E-state index is 11.1. The highest BCUT2D eigenvalue weighted by Gasteiger charge is 2.36. The molecule has 0 saturated heterocycles. The first-order valence-electron chi connectivity index (χ1n) is 4.12. The van der Waals surface area contributed by atoms with Crippen LogP contribution in [0.3, 0.4) is 0 Å². The van der Waals surface area contributed by atoms with Crippen LogP contribution < -0.4 is 5.73 Å². The first-order valence-corrected chi connectivity index (χ1v) is 4.12. The number of carbonyl (C=O) groups is 2. The van der Waals surface area contributed by atoms with Crippen LogP contribution in [0.4, 0.5) is 0 Å². The predicted molar refractivity (Wildman–Crippen MR) is 49.8 cm³/mol. The van der Waals surface area contributed by atoms with E-state index in [1.165, 1.54) is 0 Å². The van der Waals surface area contributed by atoms with E-state index in [-0.39, 0.29) is 30.7 Å². The van der Waals surface area contributed by atoms with Crippen LogP contribution in [0.25, 0.3) is 0 Å². The van der Waals surface area contributed by atoms with Gasteiger partial charge in [-0.1, -0.05) is 6.42 Å². The Kier molecular flexibility index (Phi) is 4.95. The number of Topliss-reactive ketones (excluding diaryl/α,β-unsaturated/α-hetero) is 1. The van der Waals surface area contributed by atoms with Gasteiger partial charge in [-0.2, -0.15) is 0 Å². The molecule has 1 fully saturated rings. The van der Waals surface area contributed by atoms with Crippen LogP contribution in [-0.2, 0) is 9.59 Å². The van der Waals surface area contributed by atoms with Crippen molar-refractivity contribution in [3.8, 4) is 0 Å². The fraction of sp³-hybridized carbons (Fsp3) is 0.750. The van der Waals surface area contributed by atoms with Gasteiger partial charge in [-0.25, -0.2) is 0 Å². The number of hydrogen-bond donors (Lipinski definition) is 2. The van der Waals surface area contributed by atoms with Crippen molar-refractivity contribution in [1.29, 1.82) is 0 Å². The summed E-state index contributed by atoms with van der Waals surface area (Å²) in [6, 6.07) is 0. The van der Waals surface area contributed by atoms with Crippen LogP contribution in [0.15, 0.2) is 0 Å². The van der Waals surface area contributed by atoms with Gasteiger partial charge in [-0.05, 0) is 12.8 Å². The molecule has 76 valence electrons. The Morgan fingerprint density at radius 1 is 1.31 bits per heavy atom. The number of rotatable bonds is 3. The van der Waals surface area contributed by atoms with Crippen molar-refractivity contribution in [2.45, 2.75) is 19.3 Å². The van der Waals surface area contributed by atoms with Gasteiger partial charge in [0.1, 0.15) is 5.78 Å². The van der Waals surface area contributed by atoms with E-state index in [0.29, 0.717) is 12.8 Å². The summed E-state index contributed by atoms with van der Waals surface area (Å²) < 4.78 is 0. The zero-order chi connectivity index (χ0) is 9.14. The molecule has 0 aromatic rings. The van der Waals surface area contributed by atoms with Gasteiger partial charge in [0.2, 0.25) is 0 Å². The monoisotopic (exact) mass is 207 g/mol. The Hall–Kier alpha value is -0.610. The Morgan fingerprint density at radius 3 is 2.31 bits per heavy atom. The second kappa shape index (κ2) is 5.19. The molecule has 1 aliphatic rings. The molecule has 5 heteroatoms. The fourth-order valence-electron chi connectivity index (χ4n) is 1.79. The molecular weight excluding hydrogens is 194 g/mol. The van der Waals surface area contributed by atoms with Gasteiger partial charge in [0, 0.05) is 5.92 Å². The Labute approximate surface area is 82.9 Å². The molecule has 13 heavy (non-hydrogen) atoms. The maximum Gasteiger partial charge on any atom is 0.307 e. The molecule has 0 heterocycles. The van der Waals surface area contributed by atoms with Gasteiger partial charge in [0.25, 0.3) is 0 Å². The number of carbonyl (C=O) groups excluding carboxylic acids is 1. The summed E-state index contributed by atoms with van der Waals surface area (Å²) >= 11 is 0. The Bertz CT molecular complexity index is 208. The third-order valence-electron chi connectivity index (χ3n) is 2.45. The number of nitrogens with two attached hydrogens (primary N) is 1. The molecule has 1 saturated carbocycles. The highest BCUT2D eigenvalue weighted by molar-refractivity contribution is 5.88. The van der Waals surface area contributed by atoms with Gasteiger partial charge in [0.15, 0.2) is 0 Å². The van der Waals surface area contributed by atoms with Crippen LogP contribution >= 0.6 is 12.4 Å². The molecule has 3 N–H and O–H groups in total. The van der Waals surface area contributed by atoms with Crippen LogP contribution in [-0.4, -0.2) is 23.4 Å². The van der Waals surface area contributed by atoms with Crippen LogP contribution in [0.5, 0.6) is 0 Å². The summed E-state index contributed by atoms with van der Waals surface area (Å²) in [7, 11) is 0. The second-order valence-corrected chi connectivity index (χ2v) is 3.15. The average Bonchev–Trinajstić information content (AvgIpc) is 2.50. The summed E-state index contributed by atoms with van der Waals surface area (Å²) in [5.41, 5.74) is 5.17. The summed E-state index contributed by atoms with van der Waals surface area (Å²) in [6.07, 6.45) is 2.13. The molecule has 0 radical (unpaired) electrons. The minimum atomic E-state index is -0.862. The molecule has 2 atom stereocenters. The van der Waals surface area contributed by atoms with Gasteiger partial charge in [-0.15, -0.1) is 12.4 Å². The van der Waals surface area contributed by atoms with Gasteiger partial charge in [-0.3, -0.25) is 9.59 Å². The minimum Gasteiger partial charge on any atom is -0.481 e. The quantitative estimate of drug-likeness (QED) is 0.704. The van der Waals surface area contributed by atoms with Crippen molar-refractivity contribution in [3.63, 3.8) is 0 Å². The lowest BCUT2D eigenvalue weighted by molar-refractivity contribution is -0.145. The zero-order valence-corrected chi connectivity index (χ0v) is 8.05. The van der Waals surface area contributed by atoms with Gasteiger partial charge >= 0.3 is 5.97 Å². The van der Waals surface area contributed by atoms with E-state index >= 15 is 0 Å². The van der Waals surface area contributed by atoms with Crippen molar-refractivity contribution in [2.75, 3.05) is 6.54 Å².